The average molecular weight is 398 g/mol. The third-order valence-electron chi connectivity index (χ3n) is 3.36. The lowest BCUT2D eigenvalue weighted by atomic mass is 10.2. The molecule has 1 saturated carbocycles. The van der Waals surface area contributed by atoms with Crippen molar-refractivity contribution in [3.05, 3.63) is 50.7 Å². The highest BCUT2D eigenvalue weighted by Crippen LogP contribution is 2.37. The number of aryl methyl sites for hydroxylation is 1. The van der Waals surface area contributed by atoms with E-state index in [1.165, 1.54) is 0 Å². The molecule has 1 heterocycles. The van der Waals surface area contributed by atoms with Gasteiger partial charge in [0, 0.05) is 21.2 Å². The van der Waals surface area contributed by atoms with Crippen molar-refractivity contribution >= 4 is 43.5 Å². The maximum absolute atomic E-state index is 12.5. The first-order valence-corrected chi connectivity index (χ1v) is 8.08. The Morgan fingerprint density at radius 2 is 2.05 bits per heavy atom. The normalized spacial score (nSPS) is 14.3. The topological polar surface area (TPSA) is 34.0 Å². The number of carbonyl (C=O) groups excluding carboxylic acids is 1. The summed E-state index contributed by atoms with van der Waals surface area (Å²) in [6.45, 7) is 2.01. The lowest BCUT2D eigenvalue weighted by Gasteiger charge is -2.10. The second kappa shape index (κ2) is 5.37. The molecule has 0 aliphatic heterocycles. The van der Waals surface area contributed by atoms with E-state index in [2.05, 4.69) is 41.7 Å². The van der Waals surface area contributed by atoms with Gasteiger partial charge < -0.3 is 9.88 Å². The second-order valence-electron chi connectivity index (χ2n) is 5.12. The van der Waals surface area contributed by atoms with E-state index in [1.807, 2.05) is 37.4 Å². The highest BCUT2D eigenvalue weighted by atomic mass is 79.9. The summed E-state index contributed by atoms with van der Waals surface area (Å²) in [6.07, 6.45) is 4.28. The Hall–Kier alpha value is -1.07. The third-order valence-corrected chi connectivity index (χ3v) is 4.48. The fourth-order valence-corrected chi connectivity index (χ4v) is 2.99. The highest BCUT2D eigenvalue weighted by molar-refractivity contribution is 9.10. The molecule has 20 heavy (non-hydrogen) atoms. The second-order valence-corrected chi connectivity index (χ2v) is 6.89. The molecule has 0 bridgehead atoms. The largest absolute Gasteiger partial charge is 0.339 e. The zero-order valence-corrected chi connectivity index (χ0v) is 14.2. The average Bonchev–Trinajstić information content (AvgIpc) is 3.17. The fraction of sp³-hybridized carbons (Fsp3) is 0.267. The highest BCUT2D eigenvalue weighted by Gasteiger charge is 2.27. The molecule has 0 atom stereocenters. The van der Waals surface area contributed by atoms with E-state index in [4.69, 9.17) is 0 Å². The van der Waals surface area contributed by atoms with Crippen LogP contribution >= 0.6 is 31.9 Å². The SMILES string of the molecule is Cc1ccc(Br)c(NC(=O)c2cc(Br)cn2C2CC2)c1. The molecule has 3 rings (SSSR count). The molecule has 1 aliphatic rings. The summed E-state index contributed by atoms with van der Waals surface area (Å²) in [5.41, 5.74) is 2.62. The van der Waals surface area contributed by atoms with Gasteiger partial charge >= 0.3 is 0 Å². The zero-order valence-electron chi connectivity index (χ0n) is 11.0. The number of benzene rings is 1. The Morgan fingerprint density at radius 1 is 1.30 bits per heavy atom. The lowest BCUT2D eigenvalue weighted by Crippen LogP contribution is -2.16. The van der Waals surface area contributed by atoms with Crippen LogP contribution in [0.1, 0.15) is 34.9 Å². The van der Waals surface area contributed by atoms with Crippen LogP contribution in [0.25, 0.3) is 0 Å². The molecular formula is C15H14Br2N2O. The summed E-state index contributed by atoms with van der Waals surface area (Å²) in [4.78, 5) is 12.5. The van der Waals surface area contributed by atoms with Gasteiger partial charge in [-0.15, -0.1) is 0 Å². The van der Waals surface area contributed by atoms with E-state index in [1.54, 1.807) is 0 Å². The molecule has 1 aromatic carbocycles. The molecule has 1 aliphatic carbocycles. The Bertz CT molecular complexity index is 675. The molecule has 1 amide bonds. The van der Waals surface area contributed by atoms with Crippen LogP contribution in [0, 0.1) is 6.92 Å². The van der Waals surface area contributed by atoms with Gasteiger partial charge in [-0.3, -0.25) is 4.79 Å². The van der Waals surface area contributed by atoms with Gasteiger partial charge in [0.1, 0.15) is 5.69 Å². The number of amides is 1. The first-order valence-electron chi connectivity index (χ1n) is 6.49. The van der Waals surface area contributed by atoms with E-state index in [0.717, 1.165) is 33.0 Å². The van der Waals surface area contributed by atoms with Crippen molar-refractivity contribution < 1.29 is 4.79 Å². The van der Waals surface area contributed by atoms with Crippen molar-refractivity contribution in [2.45, 2.75) is 25.8 Å². The van der Waals surface area contributed by atoms with Crippen molar-refractivity contribution in [3.63, 3.8) is 0 Å². The number of hydrogen-bond donors (Lipinski definition) is 1. The minimum atomic E-state index is -0.0751. The molecule has 1 aromatic heterocycles. The summed E-state index contributed by atoms with van der Waals surface area (Å²) in [5, 5.41) is 2.98. The number of rotatable bonds is 3. The smallest absolute Gasteiger partial charge is 0.272 e. The standard InChI is InChI=1S/C15H14Br2N2O/c1-9-2-5-12(17)13(6-9)18-15(20)14-7-10(16)8-19(14)11-3-4-11/h2,5-8,11H,3-4H2,1H3,(H,18,20). The van der Waals surface area contributed by atoms with Crippen LogP contribution in [0.5, 0.6) is 0 Å². The fourth-order valence-electron chi connectivity index (χ4n) is 2.20. The number of nitrogens with zero attached hydrogens (tertiary/aromatic N) is 1. The van der Waals surface area contributed by atoms with E-state index < -0.39 is 0 Å². The van der Waals surface area contributed by atoms with Gasteiger partial charge in [-0.2, -0.15) is 0 Å². The molecule has 0 unspecified atom stereocenters. The Labute approximate surface area is 134 Å². The maximum atomic E-state index is 12.5. The molecule has 1 N–H and O–H groups in total. The molecule has 5 heteroatoms. The van der Waals surface area contributed by atoms with Crippen LogP contribution in [0.15, 0.2) is 39.4 Å². The summed E-state index contributed by atoms with van der Waals surface area (Å²) in [7, 11) is 0. The Kier molecular flexibility index (Phi) is 3.73. The van der Waals surface area contributed by atoms with E-state index in [0.29, 0.717) is 11.7 Å². The molecule has 2 aromatic rings. The van der Waals surface area contributed by atoms with Crippen molar-refractivity contribution in [3.8, 4) is 0 Å². The van der Waals surface area contributed by atoms with Crippen molar-refractivity contribution in [1.29, 1.82) is 0 Å². The third kappa shape index (κ3) is 2.83. The van der Waals surface area contributed by atoms with Crippen molar-refractivity contribution in [2.75, 3.05) is 5.32 Å². The van der Waals surface area contributed by atoms with Crippen LogP contribution in [-0.4, -0.2) is 10.5 Å². The van der Waals surface area contributed by atoms with Crippen LogP contribution in [-0.2, 0) is 0 Å². The van der Waals surface area contributed by atoms with Gasteiger partial charge in [-0.1, -0.05) is 6.07 Å². The number of halogens is 2. The summed E-state index contributed by atoms with van der Waals surface area (Å²) < 4.78 is 3.89. The molecule has 1 fully saturated rings. The van der Waals surface area contributed by atoms with Gasteiger partial charge in [-0.25, -0.2) is 0 Å². The van der Waals surface area contributed by atoms with Gasteiger partial charge in [0.25, 0.3) is 5.91 Å². The van der Waals surface area contributed by atoms with E-state index in [-0.39, 0.29) is 5.91 Å². The minimum absolute atomic E-state index is 0.0751. The molecule has 3 nitrogen and oxygen atoms in total. The number of hydrogen-bond acceptors (Lipinski definition) is 1. The summed E-state index contributed by atoms with van der Waals surface area (Å²) in [6, 6.07) is 8.26. The maximum Gasteiger partial charge on any atom is 0.272 e. The van der Waals surface area contributed by atoms with Gasteiger partial charge in [0.15, 0.2) is 0 Å². The number of anilines is 1. The summed E-state index contributed by atoms with van der Waals surface area (Å²) in [5.74, 6) is -0.0751. The predicted octanol–water partition coefficient (Wildman–Crippen LogP) is 4.91. The molecule has 0 radical (unpaired) electrons. The molecular weight excluding hydrogens is 384 g/mol. The van der Waals surface area contributed by atoms with Gasteiger partial charge in [-0.05, 0) is 75.4 Å². The quantitative estimate of drug-likeness (QED) is 0.784. The molecule has 0 saturated heterocycles. The molecule has 104 valence electrons. The monoisotopic (exact) mass is 396 g/mol. The lowest BCUT2D eigenvalue weighted by molar-refractivity contribution is 0.101. The summed E-state index contributed by atoms with van der Waals surface area (Å²) >= 11 is 6.91. The van der Waals surface area contributed by atoms with Crippen molar-refractivity contribution in [2.24, 2.45) is 0 Å². The van der Waals surface area contributed by atoms with Gasteiger partial charge in [0.05, 0.1) is 5.69 Å². The van der Waals surface area contributed by atoms with Crippen LogP contribution < -0.4 is 5.32 Å². The minimum Gasteiger partial charge on any atom is -0.339 e. The number of nitrogens with one attached hydrogen (secondary N) is 1. The first-order chi connectivity index (χ1) is 9.54. The van der Waals surface area contributed by atoms with E-state index in [9.17, 15) is 4.79 Å². The first kappa shape index (κ1) is 13.9. The Balaban J connectivity index is 1.87. The van der Waals surface area contributed by atoms with Crippen molar-refractivity contribution in [1.82, 2.24) is 4.57 Å². The predicted molar refractivity (Wildman–Crippen MR) is 87.2 cm³/mol. The van der Waals surface area contributed by atoms with Crippen LogP contribution in [0.2, 0.25) is 0 Å². The van der Waals surface area contributed by atoms with Crippen LogP contribution in [0.3, 0.4) is 0 Å². The molecule has 0 spiro atoms. The van der Waals surface area contributed by atoms with E-state index >= 15 is 0 Å². The number of carbonyl (C=O) groups is 1. The van der Waals surface area contributed by atoms with Crippen LogP contribution in [0.4, 0.5) is 5.69 Å². The number of aromatic nitrogens is 1. The zero-order chi connectivity index (χ0) is 14.3. The Morgan fingerprint density at radius 3 is 2.75 bits per heavy atom. The van der Waals surface area contributed by atoms with Gasteiger partial charge in [0.2, 0.25) is 0 Å².